The third-order valence-corrected chi connectivity index (χ3v) is 4.37. The average molecular weight is 350 g/mol. The molecule has 2 aromatic rings. The van der Waals surface area contributed by atoms with Crippen LogP contribution in [0.1, 0.15) is 55.7 Å². The van der Waals surface area contributed by atoms with Crippen molar-refractivity contribution in [3.63, 3.8) is 0 Å². The van der Waals surface area contributed by atoms with Crippen LogP contribution in [0.25, 0.3) is 0 Å². The molecule has 0 aliphatic heterocycles. The summed E-state index contributed by atoms with van der Waals surface area (Å²) < 4.78 is 5.56. The number of rotatable bonds is 5. The fourth-order valence-electron chi connectivity index (χ4n) is 1.99. The third-order valence-electron chi connectivity index (χ3n) is 3.52. The summed E-state index contributed by atoms with van der Waals surface area (Å²) in [5.74, 6) is 2.21. The van der Waals surface area contributed by atoms with Gasteiger partial charge in [-0.15, -0.1) is 11.3 Å². The first-order valence-electron chi connectivity index (χ1n) is 8.19. The quantitative estimate of drug-likeness (QED) is 0.640. The van der Waals surface area contributed by atoms with Crippen LogP contribution in [-0.2, 0) is 18.5 Å². The predicted octanol–water partition coefficient (Wildman–Crippen LogP) is 3.30. The topological polar surface area (TPSA) is 75.3 Å². The number of aliphatic imine (C=N–C) groups is 1. The number of nitrogens with zero attached hydrogens (tertiary/aromatic N) is 3. The molecule has 0 saturated carbocycles. The van der Waals surface area contributed by atoms with Gasteiger partial charge in [0.15, 0.2) is 5.96 Å². The van der Waals surface area contributed by atoms with Crippen LogP contribution in [0.3, 0.4) is 0 Å². The smallest absolute Gasteiger partial charge is 0.216 e. The first-order valence-corrected chi connectivity index (χ1v) is 9.07. The van der Waals surface area contributed by atoms with E-state index in [1.165, 1.54) is 0 Å². The van der Waals surface area contributed by atoms with Crippen molar-refractivity contribution >= 4 is 17.3 Å². The average Bonchev–Trinajstić information content (AvgIpc) is 3.09. The highest BCUT2D eigenvalue weighted by Gasteiger charge is 2.17. The maximum Gasteiger partial charge on any atom is 0.216 e. The Morgan fingerprint density at radius 3 is 2.54 bits per heavy atom. The van der Waals surface area contributed by atoms with Gasteiger partial charge < -0.3 is 15.1 Å². The van der Waals surface area contributed by atoms with Gasteiger partial charge in [0.1, 0.15) is 17.3 Å². The summed E-state index contributed by atoms with van der Waals surface area (Å²) in [6.07, 6.45) is 0. The van der Waals surface area contributed by atoms with Crippen molar-refractivity contribution in [3.8, 4) is 0 Å². The van der Waals surface area contributed by atoms with Crippen molar-refractivity contribution in [1.29, 1.82) is 0 Å². The van der Waals surface area contributed by atoms with E-state index in [0.717, 1.165) is 34.7 Å². The largest absolute Gasteiger partial charge is 0.444 e. The molecule has 0 amide bonds. The monoisotopic (exact) mass is 349 g/mol. The lowest BCUT2D eigenvalue weighted by Gasteiger charge is -2.14. The molecule has 0 unspecified atom stereocenters. The van der Waals surface area contributed by atoms with Crippen LogP contribution in [0.2, 0.25) is 0 Å². The van der Waals surface area contributed by atoms with Crippen LogP contribution in [0.15, 0.2) is 14.8 Å². The minimum Gasteiger partial charge on any atom is -0.444 e. The number of hydrogen-bond donors (Lipinski definition) is 2. The van der Waals surface area contributed by atoms with Gasteiger partial charge >= 0.3 is 0 Å². The fourth-order valence-corrected chi connectivity index (χ4v) is 2.95. The van der Waals surface area contributed by atoms with Gasteiger partial charge in [0.2, 0.25) is 5.89 Å². The first kappa shape index (κ1) is 18.4. The SMILES string of the molecule is CCNC(=NCc1nc(C)c(C)o1)NCc1nc(C(C)(C)C)cs1. The Bertz CT molecular complexity index is 677. The van der Waals surface area contributed by atoms with Crippen LogP contribution in [-0.4, -0.2) is 22.5 Å². The molecule has 2 rings (SSSR count). The van der Waals surface area contributed by atoms with Crippen LogP contribution < -0.4 is 10.6 Å². The van der Waals surface area contributed by atoms with Gasteiger partial charge in [0, 0.05) is 17.3 Å². The molecule has 0 fully saturated rings. The molecule has 2 N–H and O–H groups in total. The lowest BCUT2D eigenvalue weighted by Crippen LogP contribution is -2.36. The summed E-state index contributed by atoms with van der Waals surface area (Å²) in [7, 11) is 0. The normalized spacial score (nSPS) is 12.5. The third kappa shape index (κ3) is 5.06. The van der Waals surface area contributed by atoms with Crippen LogP contribution in [0.5, 0.6) is 0 Å². The van der Waals surface area contributed by atoms with E-state index in [9.17, 15) is 0 Å². The molecule has 24 heavy (non-hydrogen) atoms. The van der Waals surface area contributed by atoms with E-state index in [1.54, 1.807) is 11.3 Å². The molecule has 0 aromatic carbocycles. The Balaban J connectivity index is 1.97. The molecule has 7 heteroatoms. The van der Waals surface area contributed by atoms with Crippen molar-refractivity contribution in [3.05, 3.63) is 33.4 Å². The van der Waals surface area contributed by atoms with Crippen molar-refractivity contribution < 1.29 is 4.42 Å². The van der Waals surface area contributed by atoms with Crippen LogP contribution in [0, 0.1) is 13.8 Å². The van der Waals surface area contributed by atoms with Gasteiger partial charge in [0.25, 0.3) is 0 Å². The maximum absolute atomic E-state index is 5.56. The Kier molecular flexibility index (Phi) is 5.99. The minimum absolute atomic E-state index is 0.0774. The number of nitrogens with one attached hydrogen (secondary N) is 2. The van der Waals surface area contributed by atoms with Gasteiger partial charge in [-0.3, -0.25) is 0 Å². The highest BCUT2D eigenvalue weighted by atomic mass is 32.1. The number of aryl methyl sites for hydroxylation is 2. The molecule has 0 spiro atoms. The summed E-state index contributed by atoms with van der Waals surface area (Å²) in [5.41, 5.74) is 2.11. The highest BCUT2D eigenvalue weighted by Crippen LogP contribution is 2.23. The molecule has 2 aromatic heterocycles. The molecule has 0 radical (unpaired) electrons. The van der Waals surface area contributed by atoms with E-state index in [1.807, 2.05) is 20.8 Å². The summed E-state index contributed by atoms with van der Waals surface area (Å²) in [5, 5.41) is 9.71. The van der Waals surface area contributed by atoms with Crippen molar-refractivity contribution in [2.75, 3.05) is 6.54 Å². The second kappa shape index (κ2) is 7.79. The highest BCUT2D eigenvalue weighted by molar-refractivity contribution is 7.09. The summed E-state index contributed by atoms with van der Waals surface area (Å²) >= 11 is 1.67. The number of hydrogen-bond acceptors (Lipinski definition) is 5. The Labute approximate surface area is 147 Å². The molecule has 6 nitrogen and oxygen atoms in total. The van der Waals surface area contributed by atoms with Gasteiger partial charge in [0.05, 0.1) is 17.9 Å². The molecule has 0 aliphatic carbocycles. The predicted molar refractivity (Wildman–Crippen MR) is 98.4 cm³/mol. The second-order valence-electron chi connectivity index (χ2n) is 6.67. The maximum atomic E-state index is 5.56. The molecular formula is C17H27N5OS. The number of oxazole rings is 1. The Morgan fingerprint density at radius 1 is 1.25 bits per heavy atom. The second-order valence-corrected chi connectivity index (χ2v) is 7.62. The van der Waals surface area contributed by atoms with E-state index in [4.69, 9.17) is 4.42 Å². The summed E-state index contributed by atoms with van der Waals surface area (Å²) in [6.45, 7) is 14.3. The van der Waals surface area contributed by atoms with Crippen molar-refractivity contribution in [2.45, 2.75) is 60.0 Å². The lowest BCUT2D eigenvalue weighted by molar-refractivity contribution is 0.473. The Hall–Kier alpha value is -1.89. The number of guanidine groups is 1. The van der Waals surface area contributed by atoms with Gasteiger partial charge in [-0.1, -0.05) is 20.8 Å². The van der Waals surface area contributed by atoms with E-state index in [-0.39, 0.29) is 5.41 Å². The van der Waals surface area contributed by atoms with E-state index in [0.29, 0.717) is 19.0 Å². The van der Waals surface area contributed by atoms with E-state index < -0.39 is 0 Å². The molecule has 0 aliphatic rings. The first-order chi connectivity index (χ1) is 11.3. The zero-order valence-corrected chi connectivity index (χ0v) is 16.2. The van der Waals surface area contributed by atoms with Gasteiger partial charge in [-0.05, 0) is 20.8 Å². The lowest BCUT2D eigenvalue weighted by atomic mass is 9.93. The Morgan fingerprint density at radius 2 is 2.00 bits per heavy atom. The molecular weight excluding hydrogens is 322 g/mol. The van der Waals surface area contributed by atoms with E-state index in [2.05, 4.69) is 51.7 Å². The summed E-state index contributed by atoms with van der Waals surface area (Å²) in [4.78, 5) is 13.6. The zero-order valence-electron chi connectivity index (χ0n) is 15.4. The van der Waals surface area contributed by atoms with E-state index >= 15 is 0 Å². The van der Waals surface area contributed by atoms with Gasteiger partial charge in [-0.25, -0.2) is 15.0 Å². The molecule has 0 atom stereocenters. The molecule has 132 valence electrons. The fraction of sp³-hybridized carbons (Fsp3) is 0.588. The van der Waals surface area contributed by atoms with Crippen LogP contribution in [0.4, 0.5) is 0 Å². The van der Waals surface area contributed by atoms with Crippen LogP contribution >= 0.6 is 11.3 Å². The molecule has 0 bridgehead atoms. The zero-order chi connectivity index (χ0) is 17.7. The van der Waals surface area contributed by atoms with Crippen molar-refractivity contribution in [1.82, 2.24) is 20.6 Å². The molecule has 2 heterocycles. The van der Waals surface area contributed by atoms with Crippen molar-refractivity contribution in [2.24, 2.45) is 4.99 Å². The minimum atomic E-state index is 0.0774. The molecule has 0 saturated heterocycles. The number of thiazole rings is 1. The number of aromatic nitrogens is 2. The standard InChI is InChI=1S/C17H27N5OS/c1-7-18-16(19-8-14-21-11(2)12(3)23-14)20-9-15-22-13(10-24-15)17(4,5)6/h10H,7-9H2,1-6H3,(H2,18,19,20). The van der Waals surface area contributed by atoms with Gasteiger partial charge in [-0.2, -0.15) is 0 Å². The summed E-state index contributed by atoms with van der Waals surface area (Å²) in [6, 6.07) is 0.